The summed E-state index contributed by atoms with van der Waals surface area (Å²) in [5.41, 5.74) is 1.24. The van der Waals surface area contributed by atoms with Crippen LogP contribution in [0.3, 0.4) is 0 Å². The van der Waals surface area contributed by atoms with Crippen molar-refractivity contribution in [2.75, 3.05) is 24.3 Å². The van der Waals surface area contributed by atoms with Crippen LogP contribution in [0.15, 0.2) is 65.8 Å². The van der Waals surface area contributed by atoms with Gasteiger partial charge in [0.25, 0.3) is 5.91 Å². The molecule has 0 bridgehead atoms. The molecule has 3 N–H and O–H groups in total. The first-order valence-corrected chi connectivity index (χ1v) is 11.1. The Bertz CT molecular complexity index is 1280. The van der Waals surface area contributed by atoms with Crippen molar-refractivity contribution in [1.29, 1.82) is 0 Å². The zero-order valence-corrected chi connectivity index (χ0v) is 18.4. The van der Waals surface area contributed by atoms with E-state index in [1.54, 1.807) is 31.4 Å². The quantitative estimate of drug-likeness (QED) is 0.411. The number of nitrogens with one attached hydrogen (secondary N) is 3. The molecule has 0 saturated carbocycles. The number of ether oxygens (including phenoxy) is 1. The molecule has 1 aromatic heterocycles. The SMILES string of the molecule is C#CCNS(=O)(=O)c1ccc(C(=O)Nc2cnn(CC(=O)Nc3ccc(OC)cc3)c2)cc1. The lowest BCUT2D eigenvalue weighted by molar-refractivity contribution is -0.116. The van der Waals surface area contributed by atoms with Gasteiger partial charge in [0.1, 0.15) is 12.3 Å². The zero-order valence-electron chi connectivity index (χ0n) is 17.6. The van der Waals surface area contributed by atoms with Crippen molar-refractivity contribution in [3.8, 4) is 18.1 Å². The van der Waals surface area contributed by atoms with Gasteiger partial charge in [0, 0.05) is 17.4 Å². The Kier molecular flexibility index (Phi) is 7.45. The monoisotopic (exact) mass is 467 g/mol. The molecule has 10 nitrogen and oxygen atoms in total. The molecule has 11 heteroatoms. The smallest absolute Gasteiger partial charge is 0.255 e. The Morgan fingerprint density at radius 1 is 1.06 bits per heavy atom. The lowest BCUT2D eigenvalue weighted by Crippen LogP contribution is -2.24. The van der Waals surface area contributed by atoms with E-state index in [0.29, 0.717) is 17.1 Å². The van der Waals surface area contributed by atoms with Crippen LogP contribution >= 0.6 is 0 Å². The van der Waals surface area contributed by atoms with Gasteiger partial charge in [-0.25, -0.2) is 8.42 Å². The van der Waals surface area contributed by atoms with Crippen LogP contribution in [-0.4, -0.2) is 43.7 Å². The van der Waals surface area contributed by atoms with Gasteiger partial charge in [-0.05, 0) is 48.5 Å². The van der Waals surface area contributed by atoms with E-state index >= 15 is 0 Å². The summed E-state index contributed by atoms with van der Waals surface area (Å²) in [6, 6.07) is 12.3. The van der Waals surface area contributed by atoms with Crippen LogP contribution in [0.5, 0.6) is 5.75 Å². The molecule has 0 atom stereocenters. The Morgan fingerprint density at radius 2 is 1.76 bits per heavy atom. The van der Waals surface area contributed by atoms with Crippen LogP contribution in [0, 0.1) is 12.3 Å². The number of carbonyl (C=O) groups excluding carboxylic acids is 2. The Labute approximate surface area is 191 Å². The number of benzene rings is 2. The summed E-state index contributed by atoms with van der Waals surface area (Å²) in [6.07, 6.45) is 7.97. The third kappa shape index (κ3) is 6.42. The van der Waals surface area contributed by atoms with Gasteiger partial charge in [0.2, 0.25) is 15.9 Å². The summed E-state index contributed by atoms with van der Waals surface area (Å²) in [6.45, 7) is -0.189. The molecule has 0 unspecified atom stereocenters. The molecule has 3 rings (SSSR count). The van der Waals surface area contributed by atoms with E-state index in [0.717, 1.165) is 0 Å². The molecule has 0 aliphatic carbocycles. The second kappa shape index (κ2) is 10.4. The van der Waals surface area contributed by atoms with Gasteiger partial charge in [-0.3, -0.25) is 14.3 Å². The van der Waals surface area contributed by atoms with Gasteiger partial charge in [-0.1, -0.05) is 5.92 Å². The summed E-state index contributed by atoms with van der Waals surface area (Å²) in [4.78, 5) is 24.6. The first-order chi connectivity index (χ1) is 15.8. The molecule has 3 aromatic rings. The van der Waals surface area contributed by atoms with E-state index in [2.05, 4.69) is 26.4 Å². The highest BCUT2D eigenvalue weighted by Gasteiger charge is 2.15. The summed E-state index contributed by atoms with van der Waals surface area (Å²) >= 11 is 0. The van der Waals surface area contributed by atoms with Crippen molar-refractivity contribution >= 4 is 33.2 Å². The minimum Gasteiger partial charge on any atom is -0.497 e. The summed E-state index contributed by atoms with van der Waals surface area (Å²) < 4.78 is 32.8. The molecule has 0 aliphatic heterocycles. The first-order valence-electron chi connectivity index (χ1n) is 9.61. The number of amides is 2. The van der Waals surface area contributed by atoms with E-state index in [4.69, 9.17) is 11.2 Å². The molecule has 33 heavy (non-hydrogen) atoms. The van der Waals surface area contributed by atoms with E-state index < -0.39 is 15.9 Å². The normalized spacial score (nSPS) is 10.8. The van der Waals surface area contributed by atoms with Crippen LogP contribution in [0.1, 0.15) is 10.4 Å². The van der Waals surface area contributed by atoms with Gasteiger partial charge in [-0.15, -0.1) is 6.42 Å². The van der Waals surface area contributed by atoms with Crippen molar-refractivity contribution in [3.63, 3.8) is 0 Å². The number of methoxy groups -OCH3 is 1. The van der Waals surface area contributed by atoms with E-state index in [9.17, 15) is 18.0 Å². The molecule has 0 fully saturated rings. The van der Waals surface area contributed by atoms with Gasteiger partial charge < -0.3 is 15.4 Å². The molecule has 0 aliphatic rings. The number of rotatable bonds is 9. The highest BCUT2D eigenvalue weighted by Crippen LogP contribution is 2.16. The van der Waals surface area contributed by atoms with Crippen LogP contribution in [-0.2, 0) is 21.4 Å². The predicted octanol–water partition coefficient (Wildman–Crippen LogP) is 1.69. The second-order valence-corrected chi connectivity index (χ2v) is 8.48. The Balaban J connectivity index is 1.56. The maximum atomic E-state index is 12.4. The molecular formula is C22H21N5O5S. The fourth-order valence-corrected chi connectivity index (χ4v) is 3.68. The average molecular weight is 468 g/mol. The number of anilines is 2. The predicted molar refractivity (Wildman–Crippen MR) is 122 cm³/mol. The summed E-state index contributed by atoms with van der Waals surface area (Å²) in [5, 5.41) is 9.45. The molecule has 2 aromatic carbocycles. The number of carbonyl (C=O) groups is 2. The minimum atomic E-state index is -3.74. The van der Waals surface area contributed by atoms with E-state index in [-0.39, 0.29) is 29.5 Å². The zero-order chi connectivity index (χ0) is 23.8. The van der Waals surface area contributed by atoms with Crippen molar-refractivity contribution in [2.24, 2.45) is 0 Å². The van der Waals surface area contributed by atoms with Gasteiger partial charge in [-0.2, -0.15) is 9.82 Å². The summed E-state index contributed by atoms with van der Waals surface area (Å²) in [7, 11) is -2.18. The van der Waals surface area contributed by atoms with Gasteiger partial charge >= 0.3 is 0 Å². The van der Waals surface area contributed by atoms with E-state index in [1.165, 1.54) is 41.3 Å². The number of hydrogen-bond acceptors (Lipinski definition) is 6. The number of hydrogen-bond donors (Lipinski definition) is 3. The van der Waals surface area contributed by atoms with Crippen LogP contribution in [0.2, 0.25) is 0 Å². The Hall–Kier alpha value is -4.14. The second-order valence-electron chi connectivity index (χ2n) is 6.71. The fraction of sp³-hybridized carbons (Fsp3) is 0.136. The fourth-order valence-electron chi connectivity index (χ4n) is 2.75. The Morgan fingerprint density at radius 3 is 2.39 bits per heavy atom. The van der Waals surface area contributed by atoms with Crippen LogP contribution in [0.25, 0.3) is 0 Å². The average Bonchev–Trinajstić information content (AvgIpc) is 3.24. The molecule has 0 spiro atoms. The number of aromatic nitrogens is 2. The van der Waals surface area contributed by atoms with Gasteiger partial charge in [0.15, 0.2) is 0 Å². The third-order valence-electron chi connectivity index (χ3n) is 4.36. The molecule has 170 valence electrons. The minimum absolute atomic E-state index is 0.00927. The maximum absolute atomic E-state index is 12.4. The molecule has 0 saturated heterocycles. The van der Waals surface area contributed by atoms with Crippen molar-refractivity contribution in [3.05, 3.63) is 66.5 Å². The largest absolute Gasteiger partial charge is 0.497 e. The lowest BCUT2D eigenvalue weighted by atomic mass is 10.2. The van der Waals surface area contributed by atoms with Crippen molar-refractivity contribution < 1.29 is 22.7 Å². The molecule has 1 heterocycles. The number of nitrogens with zero attached hydrogens (tertiary/aromatic N) is 2. The molecule has 0 radical (unpaired) electrons. The van der Waals surface area contributed by atoms with E-state index in [1.807, 2.05) is 0 Å². The lowest BCUT2D eigenvalue weighted by Gasteiger charge is -2.07. The molecular weight excluding hydrogens is 446 g/mol. The van der Waals surface area contributed by atoms with Crippen molar-refractivity contribution in [2.45, 2.75) is 11.4 Å². The molecule has 2 amide bonds. The maximum Gasteiger partial charge on any atom is 0.255 e. The van der Waals surface area contributed by atoms with Crippen LogP contribution in [0.4, 0.5) is 11.4 Å². The standard InChI is InChI=1S/C22H21N5O5S/c1-3-12-24-33(30,31)20-10-4-16(5-11-20)22(29)26-18-13-23-27(14-18)15-21(28)25-17-6-8-19(32-2)9-7-17/h1,4-11,13-14,24H,12,15H2,2H3,(H,25,28)(H,26,29). The topological polar surface area (TPSA) is 131 Å². The first kappa shape index (κ1) is 23.5. The summed E-state index contributed by atoms with van der Waals surface area (Å²) in [5.74, 6) is 2.11. The highest BCUT2D eigenvalue weighted by molar-refractivity contribution is 7.89. The third-order valence-corrected chi connectivity index (χ3v) is 5.78. The van der Waals surface area contributed by atoms with Gasteiger partial charge in [0.05, 0.1) is 30.4 Å². The van der Waals surface area contributed by atoms with Crippen LogP contribution < -0.4 is 20.1 Å². The number of sulfonamides is 1. The van der Waals surface area contributed by atoms with Crippen molar-refractivity contribution in [1.82, 2.24) is 14.5 Å². The number of terminal acetylenes is 1. The highest BCUT2D eigenvalue weighted by atomic mass is 32.2.